The molecule has 31 heavy (non-hydrogen) atoms. The van der Waals surface area contributed by atoms with Crippen molar-refractivity contribution in [3.8, 4) is 23.0 Å². The SMILES string of the molecule is COc1ccc(-c2nnc([C@@H](C)N3CCN(Cc4cc(C)ccc4OC)CC3)o2)cc1. The number of hydrogen-bond acceptors (Lipinski definition) is 7. The van der Waals surface area contributed by atoms with Gasteiger partial charge in [-0.05, 0) is 44.2 Å². The minimum absolute atomic E-state index is 0.0788. The molecule has 1 atom stereocenters. The van der Waals surface area contributed by atoms with Crippen molar-refractivity contribution in [2.24, 2.45) is 0 Å². The van der Waals surface area contributed by atoms with Gasteiger partial charge in [0.2, 0.25) is 11.8 Å². The molecule has 1 aliphatic rings. The molecule has 2 aromatic carbocycles. The predicted molar refractivity (Wildman–Crippen MR) is 119 cm³/mol. The van der Waals surface area contributed by atoms with Crippen LogP contribution in [0.1, 0.15) is 30.0 Å². The fourth-order valence-electron chi connectivity index (χ4n) is 3.99. The van der Waals surface area contributed by atoms with E-state index in [4.69, 9.17) is 13.9 Å². The van der Waals surface area contributed by atoms with Crippen LogP contribution in [0.4, 0.5) is 0 Å². The first-order chi connectivity index (χ1) is 15.1. The van der Waals surface area contributed by atoms with Gasteiger partial charge in [-0.15, -0.1) is 10.2 Å². The summed E-state index contributed by atoms with van der Waals surface area (Å²) in [5, 5.41) is 8.56. The Hall–Kier alpha value is -2.90. The molecule has 4 rings (SSSR count). The third-order valence-corrected chi connectivity index (χ3v) is 5.92. The summed E-state index contributed by atoms with van der Waals surface area (Å²) in [5.41, 5.74) is 3.39. The molecule has 0 amide bonds. The smallest absolute Gasteiger partial charge is 0.247 e. The van der Waals surface area contributed by atoms with E-state index in [1.54, 1.807) is 14.2 Å². The van der Waals surface area contributed by atoms with Crippen molar-refractivity contribution in [1.29, 1.82) is 0 Å². The molecule has 0 bridgehead atoms. The molecule has 0 unspecified atom stereocenters. The number of aryl methyl sites for hydroxylation is 1. The zero-order valence-corrected chi connectivity index (χ0v) is 18.7. The van der Waals surface area contributed by atoms with Crippen LogP contribution in [-0.2, 0) is 6.54 Å². The highest BCUT2D eigenvalue weighted by Gasteiger charge is 2.26. The highest BCUT2D eigenvalue weighted by molar-refractivity contribution is 5.54. The Balaban J connectivity index is 1.36. The lowest BCUT2D eigenvalue weighted by molar-refractivity contribution is 0.0871. The maximum Gasteiger partial charge on any atom is 0.247 e. The van der Waals surface area contributed by atoms with Gasteiger partial charge in [0.25, 0.3) is 0 Å². The van der Waals surface area contributed by atoms with Gasteiger partial charge in [-0.2, -0.15) is 0 Å². The van der Waals surface area contributed by atoms with Crippen LogP contribution in [0.2, 0.25) is 0 Å². The first kappa shape index (κ1) is 21.3. The molecule has 1 aromatic heterocycles. The zero-order chi connectivity index (χ0) is 21.8. The second kappa shape index (κ2) is 9.49. The van der Waals surface area contributed by atoms with Gasteiger partial charge in [-0.1, -0.05) is 17.7 Å². The van der Waals surface area contributed by atoms with Crippen LogP contribution >= 0.6 is 0 Å². The molecule has 2 heterocycles. The molecular weight excluding hydrogens is 392 g/mol. The standard InChI is InChI=1S/C24H30N4O3/c1-17-5-10-22(30-4)20(15-17)16-27-11-13-28(14-12-27)18(2)23-25-26-24(31-23)19-6-8-21(29-3)9-7-19/h5-10,15,18H,11-14,16H2,1-4H3/t18-/m1/s1. The highest BCUT2D eigenvalue weighted by Crippen LogP contribution is 2.27. The molecule has 164 valence electrons. The lowest BCUT2D eigenvalue weighted by atomic mass is 10.1. The van der Waals surface area contributed by atoms with Gasteiger partial charge in [-0.25, -0.2) is 0 Å². The Kier molecular flexibility index (Phi) is 6.53. The molecule has 1 fully saturated rings. The fraction of sp³-hybridized carbons (Fsp3) is 0.417. The quantitative estimate of drug-likeness (QED) is 0.571. The van der Waals surface area contributed by atoms with E-state index in [-0.39, 0.29) is 6.04 Å². The summed E-state index contributed by atoms with van der Waals surface area (Å²) in [6, 6.07) is 14.1. The second-order valence-electron chi connectivity index (χ2n) is 7.98. The number of aromatic nitrogens is 2. The molecule has 0 spiro atoms. The van der Waals surface area contributed by atoms with E-state index in [0.717, 1.165) is 49.8 Å². The highest BCUT2D eigenvalue weighted by atomic mass is 16.5. The topological polar surface area (TPSA) is 63.9 Å². The summed E-state index contributed by atoms with van der Waals surface area (Å²) in [6.45, 7) is 9.03. The summed E-state index contributed by atoms with van der Waals surface area (Å²) >= 11 is 0. The van der Waals surface area contributed by atoms with Crippen molar-refractivity contribution < 1.29 is 13.9 Å². The van der Waals surface area contributed by atoms with Crippen molar-refractivity contribution in [3.05, 3.63) is 59.5 Å². The summed E-state index contributed by atoms with van der Waals surface area (Å²) in [7, 11) is 3.39. The molecule has 0 N–H and O–H groups in total. The van der Waals surface area contributed by atoms with Crippen molar-refractivity contribution in [2.75, 3.05) is 40.4 Å². The minimum Gasteiger partial charge on any atom is -0.497 e. The molecule has 3 aromatic rings. The summed E-state index contributed by atoms with van der Waals surface area (Å²) in [5.74, 6) is 2.95. The Bertz CT molecular complexity index is 994. The average Bonchev–Trinajstić information content (AvgIpc) is 3.30. The van der Waals surface area contributed by atoms with Gasteiger partial charge in [0.05, 0.1) is 20.3 Å². The van der Waals surface area contributed by atoms with Crippen molar-refractivity contribution >= 4 is 0 Å². The van der Waals surface area contributed by atoms with Crippen LogP contribution in [-0.4, -0.2) is 60.4 Å². The third kappa shape index (κ3) is 4.89. The molecule has 0 radical (unpaired) electrons. The lowest BCUT2D eigenvalue weighted by Crippen LogP contribution is -2.46. The van der Waals surface area contributed by atoms with Crippen LogP contribution in [0.25, 0.3) is 11.5 Å². The summed E-state index contributed by atoms with van der Waals surface area (Å²) in [6.07, 6.45) is 0. The Labute approximate surface area is 183 Å². The number of methoxy groups -OCH3 is 2. The van der Waals surface area contributed by atoms with Gasteiger partial charge < -0.3 is 13.9 Å². The van der Waals surface area contributed by atoms with Crippen molar-refractivity contribution in [2.45, 2.75) is 26.4 Å². The predicted octanol–water partition coefficient (Wildman–Crippen LogP) is 3.94. The number of piperazine rings is 1. The van der Waals surface area contributed by atoms with Crippen LogP contribution in [0.15, 0.2) is 46.9 Å². The summed E-state index contributed by atoms with van der Waals surface area (Å²) in [4.78, 5) is 4.87. The van der Waals surface area contributed by atoms with E-state index in [1.807, 2.05) is 24.3 Å². The van der Waals surface area contributed by atoms with Crippen LogP contribution < -0.4 is 9.47 Å². The largest absolute Gasteiger partial charge is 0.497 e. The first-order valence-corrected chi connectivity index (χ1v) is 10.6. The molecule has 7 heteroatoms. The molecule has 1 saturated heterocycles. The number of benzene rings is 2. The van der Waals surface area contributed by atoms with Gasteiger partial charge in [0.1, 0.15) is 11.5 Å². The zero-order valence-electron chi connectivity index (χ0n) is 18.7. The van der Waals surface area contributed by atoms with Gasteiger partial charge in [-0.3, -0.25) is 9.80 Å². The Morgan fingerprint density at radius 1 is 0.968 bits per heavy atom. The van der Waals surface area contributed by atoms with Gasteiger partial charge in [0, 0.05) is 43.9 Å². The van der Waals surface area contributed by atoms with Crippen LogP contribution in [0.5, 0.6) is 11.5 Å². The Morgan fingerprint density at radius 2 is 1.71 bits per heavy atom. The van der Waals surface area contributed by atoms with E-state index in [1.165, 1.54) is 11.1 Å². The lowest BCUT2D eigenvalue weighted by Gasteiger charge is -2.37. The van der Waals surface area contributed by atoms with Crippen LogP contribution in [0.3, 0.4) is 0 Å². The van der Waals surface area contributed by atoms with E-state index < -0.39 is 0 Å². The van der Waals surface area contributed by atoms with Crippen LogP contribution in [0, 0.1) is 6.92 Å². The van der Waals surface area contributed by atoms with Gasteiger partial charge in [0.15, 0.2) is 0 Å². The van der Waals surface area contributed by atoms with Crippen molar-refractivity contribution in [3.63, 3.8) is 0 Å². The Morgan fingerprint density at radius 3 is 2.39 bits per heavy atom. The molecule has 1 aliphatic heterocycles. The summed E-state index contributed by atoms with van der Waals surface area (Å²) < 4.78 is 16.7. The third-order valence-electron chi connectivity index (χ3n) is 5.92. The minimum atomic E-state index is 0.0788. The fourth-order valence-corrected chi connectivity index (χ4v) is 3.99. The number of rotatable bonds is 7. The van der Waals surface area contributed by atoms with Gasteiger partial charge >= 0.3 is 0 Å². The maximum atomic E-state index is 5.99. The normalized spacial score (nSPS) is 16.3. The van der Waals surface area contributed by atoms with Crippen molar-refractivity contribution in [1.82, 2.24) is 20.0 Å². The molecule has 0 aliphatic carbocycles. The van der Waals surface area contributed by atoms with E-state index >= 15 is 0 Å². The first-order valence-electron chi connectivity index (χ1n) is 10.6. The number of hydrogen-bond donors (Lipinski definition) is 0. The van der Waals surface area contributed by atoms with E-state index in [2.05, 4.69) is 52.0 Å². The second-order valence-corrected chi connectivity index (χ2v) is 7.98. The average molecular weight is 423 g/mol. The maximum absolute atomic E-state index is 5.99. The molecule has 0 saturated carbocycles. The van der Waals surface area contributed by atoms with E-state index in [9.17, 15) is 0 Å². The monoisotopic (exact) mass is 422 g/mol. The molecule has 7 nitrogen and oxygen atoms in total. The molecular formula is C24H30N4O3. The number of nitrogens with zero attached hydrogens (tertiary/aromatic N) is 4. The van der Waals surface area contributed by atoms with E-state index in [0.29, 0.717) is 11.8 Å². The number of ether oxygens (including phenoxy) is 2.